The van der Waals surface area contributed by atoms with Crippen LogP contribution in [0, 0.1) is 0 Å². The van der Waals surface area contributed by atoms with Crippen LogP contribution in [0.15, 0.2) is 0 Å². The predicted molar refractivity (Wildman–Crippen MR) is 85.1 cm³/mol. The number of carbonyl (C=O) groups is 2. The minimum atomic E-state index is -1.55. The van der Waals surface area contributed by atoms with Crippen LogP contribution in [0.4, 0.5) is 0 Å². The first kappa shape index (κ1) is 26.2. The van der Waals surface area contributed by atoms with E-state index in [2.05, 4.69) is 5.32 Å². The first-order chi connectivity index (χ1) is 11.6. The van der Waals surface area contributed by atoms with Gasteiger partial charge in [-0.25, -0.2) is 0 Å². The standard InChI is InChI=1S/C7H15NO5.C6H14N2O4/c1-8-4(2-9)6(12)7(13)5(11)3-10;7-1-3(10)6(12)5(8)4(11)2-9/h2,4-8,10-13H,3H2,1H3;2-6,10-12H,1,7-8H2/t4-,5+,6+,7+;3-,4+,5+,6-/m01/s1. The van der Waals surface area contributed by atoms with Crippen molar-refractivity contribution >= 4 is 12.6 Å². The molecule has 0 fully saturated rings. The molecular weight excluding hydrogens is 342 g/mol. The Hall–Kier alpha value is -1.06. The maximum absolute atomic E-state index is 10.3. The Labute approximate surface area is 144 Å². The van der Waals surface area contributed by atoms with Crippen molar-refractivity contribution in [2.45, 2.75) is 48.7 Å². The van der Waals surface area contributed by atoms with Gasteiger partial charge in [-0.3, -0.25) is 0 Å². The van der Waals surface area contributed by atoms with E-state index in [9.17, 15) is 14.7 Å². The summed E-state index contributed by atoms with van der Waals surface area (Å²) in [6.45, 7) is -0.853. The summed E-state index contributed by atoms with van der Waals surface area (Å²) in [5.41, 5.74) is 10.2. The summed E-state index contributed by atoms with van der Waals surface area (Å²) in [6, 6.07) is -2.17. The molecule has 0 unspecified atom stereocenters. The highest BCUT2D eigenvalue weighted by atomic mass is 16.4. The van der Waals surface area contributed by atoms with E-state index < -0.39 is 55.3 Å². The lowest BCUT2D eigenvalue weighted by atomic mass is 10.0. The molecule has 25 heavy (non-hydrogen) atoms. The van der Waals surface area contributed by atoms with Crippen molar-refractivity contribution in [2.24, 2.45) is 11.5 Å². The molecule has 0 aromatic heterocycles. The Kier molecular flexibility index (Phi) is 14.8. The first-order valence-corrected chi connectivity index (χ1v) is 7.35. The number of nitrogens with one attached hydrogen (secondary N) is 1. The fourth-order valence-corrected chi connectivity index (χ4v) is 1.56. The van der Waals surface area contributed by atoms with Crippen molar-refractivity contribution in [3.8, 4) is 0 Å². The topological polar surface area (TPSA) is 240 Å². The van der Waals surface area contributed by atoms with Crippen LogP contribution in [0.25, 0.3) is 0 Å². The van der Waals surface area contributed by atoms with Gasteiger partial charge in [0.2, 0.25) is 0 Å². The number of nitrogens with two attached hydrogens (primary N) is 2. The van der Waals surface area contributed by atoms with Crippen LogP contribution in [0.5, 0.6) is 0 Å². The lowest BCUT2D eigenvalue weighted by Gasteiger charge is -2.25. The van der Waals surface area contributed by atoms with Crippen LogP contribution < -0.4 is 16.8 Å². The van der Waals surface area contributed by atoms with Crippen molar-refractivity contribution in [1.82, 2.24) is 5.32 Å². The molecule has 0 radical (unpaired) electrons. The smallest absolute Gasteiger partial charge is 0.150 e. The molecule has 0 heterocycles. The van der Waals surface area contributed by atoms with E-state index >= 15 is 0 Å². The summed E-state index contributed by atoms with van der Waals surface area (Å²) >= 11 is 0. The van der Waals surface area contributed by atoms with Crippen LogP contribution >= 0.6 is 0 Å². The zero-order valence-corrected chi connectivity index (χ0v) is 13.8. The van der Waals surface area contributed by atoms with Crippen molar-refractivity contribution in [3.63, 3.8) is 0 Å². The van der Waals surface area contributed by atoms with Gasteiger partial charge in [0.15, 0.2) is 0 Å². The number of rotatable bonds is 11. The summed E-state index contributed by atoms with van der Waals surface area (Å²) in [6.07, 6.45) is -7.94. The molecule has 0 aliphatic heterocycles. The molecule has 0 aromatic rings. The maximum atomic E-state index is 10.3. The van der Waals surface area contributed by atoms with Gasteiger partial charge in [-0.1, -0.05) is 0 Å². The number of aldehydes is 2. The highest BCUT2D eigenvalue weighted by molar-refractivity contribution is 5.58. The van der Waals surface area contributed by atoms with Gasteiger partial charge in [-0.15, -0.1) is 0 Å². The Bertz CT molecular complexity index is 364. The fraction of sp³-hybridized carbons (Fsp3) is 0.846. The summed E-state index contributed by atoms with van der Waals surface area (Å²) in [7, 11) is 1.43. The molecule has 12 nitrogen and oxygen atoms in total. The Morgan fingerprint density at radius 3 is 1.76 bits per heavy atom. The summed E-state index contributed by atoms with van der Waals surface area (Å²) < 4.78 is 0. The summed E-state index contributed by atoms with van der Waals surface area (Å²) in [5.74, 6) is 0. The molecule has 0 aliphatic carbocycles. The van der Waals surface area contributed by atoms with E-state index in [1.54, 1.807) is 0 Å². The molecule has 0 saturated heterocycles. The molecule has 0 aliphatic rings. The van der Waals surface area contributed by atoms with Gasteiger partial charge < -0.3 is 62.1 Å². The highest BCUT2D eigenvalue weighted by Crippen LogP contribution is 2.03. The Morgan fingerprint density at radius 1 is 0.920 bits per heavy atom. The van der Waals surface area contributed by atoms with Crippen molar-refractivity contribution in [2.75, 3.05) is 20.2 Å². The maximum Gasteiger partial charge on any atom is 0.150 e. The Morgan fingerprint density at radius 2 is 1.44 bits per heavy atom. The molecule has 0 amide bonds. The molecule has 150 valence electrons. The average Bonchev–Trinajstić information content (AvgIpc) is 2.65. The zero-order valence-electron chi connectivity index (χ0n) is 13.8. The highest BCUT2D eigenvalue weighted by Gasteiger charge is 2.30. The number of aliphatic hydroxyl groups is 7. The summed E-state index contributed by atoms with van der Waals surface area (Å²) in [5, 5.41) is 65.2. The van der Waals surface area contributed by atoms with E-state index in [0.29, 0.717) is 6.29 Å². The number of hydrogen-bond donors (Lipinski definition) is 10. The third-order valence-corrected chi connectivity index (χ3v) is 3.34. The van der Waals surface area contributed by atoms with Gasteiger partial charge in [0.25, 0.3) is 0 Å². The van der Waals surface area contributed by atoms with Crippen LogP contribution in [-0.4, -0.2) is 117 Å². The van der Waals surface area contributed by atoms with E-state index in [4.69, 9.17) is 42.1 Å². The SMILES string of the molecule is CN[C@@H](C=O)[C@@H](O)[C@H](O)[C@H](O)CO.NC[C@@H](O)[C@@H](O)[C@@H](N)[C@@H](O)C=O. The van der Waals surface area contributed by atoms with Gasteiger partial charge in [-0.2, -0.15) is 0 Å². The van der Waals surface area contributed by atoms with Gasteiger partial charge in [0.1, 0.15) is 37.0 Å². The van der Waals surface area contributed by atoms with Gasteiger partial charge >= 0.3 is 0 Å². The fourth-order valence-electron chi connectivity index (χ4n) is 1.56. The third kappa shape index (κ3) is 9.27. The first-order valence-electron chi connectivity index (χ1n) is 7.35. The average molecular weight is 371 g/mol. The minimum absolute atomic E-state index is 0.180. The molecule has 0 aromatic carbocycles. The second-order valence-corrected chi connectivity index (χ2v) is 5.18. The van der Waals surface area contributed by atoms with Crippen LogP contribution in [-0.2, 0) is 9.59 Å². The van der Waals surface area contributed by atoms with Crippen LogP contribution in [0.3, 0.4) is 0 Å². The quantitative estimate of drug-likeness (QED) is 0.152. The lowest BCUT2D eigenvalue weighted by Crippen LogP contribution is -2.52. The zero-order chi connectivity index (χ0) is 20.2. The molecular formula is C13H29N3O9. The number of carbonyl (C=O) groups excluding carboxylic acids is 2. The third-order valence-electron chi connectivity index (χ3n) is 3.34. The van der Waals surface area contributed by atoms with E-state index in [1.165, 1.54) is 7.05 Å². The number of hydrogen-bond acceptors (Lipinski definition) is 12. The molecule has 12 N–H and O–H groups in total. The van der Waals surface area contributed by atoms with E-state index in [-0.39, 0.29) is 12.8 Å². The van der Waals surface area contributed by atoms with E-state index in [1.807, 2.05) is 0 Å². The second kappa shape index (κ2) is 14.1. The normalized spacial score (nSPS) is 20.7. The molecule has 0 saturated carbocycles. The van der Waals surface area contributed by atoms with Crippen molar-refractivity contribution in [1.29, 1.82) is 0 Å². The van der Waals surface area contributed by atoms with Gasteiger partial charge in [-0.05, 0) is 7.05 Å². The Balaban J connectivity index is 0. The number of aliphatic hydroxyl groups excluding tert-OH is 7. The molecule has 0 spiro atoms. The van der Waals surface area contributed by atoms with Crippen molar-refractivity contribution < 1.29 is 45.3 Å². The molecule has 0 bridgehead atoms. The minimum Gasteiger partial charge on any atom is -0.394 e. The second-order valence-electron chi connectivity index (χ2n) is 5.18. The lowest BCUT2D eigenvalue weighted by molar-refractivity contribution is -0.120. The number of likely N-dealkylation sites (N-methyl/N-ethyl adjacent to an activating group) is 1. The van der Waals surface area contributed by atoms with E-state index in [0.717, 1.165) is 0 Å². The monoisotopic (exact) mass is 371 g/mol. The molecule has 0 rings (SSSR count). The molecule has 8 atom stereocenters. The van der Waals surface area contributed by atoms with Crippen LogP contribution in [0.1, 0.15) is 0 Å². The van der Waals surface area contributed by atoms with Crippen molar-refractivity contribution in [3.05, 3.63) is 0 Å². The van der Waals surface area contributed by atoms with Crippen LogP contribution in [0.2, 0.25) is 0 Å². The predicted octanol–water partition coefficient (Wildman–Crippen LogP) is -6.60. The summed E-state index contributed by atoms with van der Waals surface area (Å²) in [4.78, 5) is 20.3. The van der Waals surface area contributed by atoms with Gasteiger partial charge in [0.05, 0.1) is 30.9 Å². The largest absolute Gasteiger partial charge is 0.394 e. The molecule has 12 heteroatoms. The van der Waals surface area contributed by atoms with Gasteiger partial charge in [0, 0.05) is 6.54 Å².